The largest absolute Gasteiger partial charge is 0.406 e. The third-order valence-corrected chi connectivity index (χ3v) is 2.30. The van der Waals surface area contributed by atoms with Crippen molar-refractivity contribution in [3.63, 3.8) is 0 Å². The smallest absolute Gasteiger partial charge is 0.376 e. The molecule has 1 atom stereocenters. The number of halogens is 4. The van der Waals surface area contributed by atoms with Crippen LogP contribution in [-0.4, -0.2) is 61.9 Å². The Bertz CT molecular complexity index is 256. The van der Waals surface area contributed by atoms with Crippen molar-refractivity contribution in [3.8, 4) is 0 Å². The Kier molecular flexibility index (Phi) is 5.48. The molecule has 0 aliphatic carbocycles. The van der Waals surface area contributed by atoms with Crippen LogP contribution in [0.5, 0.6) is 0 Å². The third kappa shape index (κ3) is 5.10. The minimum absolute atomic E-state index is 0.0184. The molecule has 0 aromatic heterocycles. The van der Waals surface area contributed by atoms with Crippen molar-refractivity contribution in [1.29, 1.82) is 0 Å². The van der Waals surface area contributed by atoms with Gasteiger partial charge < -0.3 is 14.4 Å². The predicted molar refractivity (Wildman–Crippen MR) is 53.9 cm³/mol. The zero-order chi connectivity index (χ0) is 12.9. The fourth-order valence-corrected chi connectivity index (χ4v) is 1.62. The summed E-state index contributed by atoms with van der Waals surface area (Å²) in [5.74, 6) is -0.794. The van der Waals surface area contributed by atoms with Gasteiger partial charge in [0.2, 0.25) is 0 Å². The summed E-state index contributed by atoms with van der Waals surface area (Å²) in [6, 6.07) is 0. The highest BCUT2D eigenvalue weighted by molar-refractivity contribution is 6.18. The molecule has 100 valence electrons. The van der Waals surface area contributed by atoms with Gasteiger partial charge in [0.25, 0.3) is 5.91 Å². The van der Waals surface area contributed by atoms with Crippen LogP contribution in [0.15, 0.2) is 0 Å². The molecule has 0 spiro atoms. The first-order valence-electron chi connectivity index (χ1n) is 5.05. The molecule has 1 rings (SSSR count). The molecule has 1 aliphatic rings. The van der Waals surface area contributed by atoms with Crippen molar-refractivity contribution in [1.82, 2.24) is 4.90 Å². The summed E-state index contributed by atoms with van der Waals surface area (Å²) in [4.78, 5) is 12.4. The van der Waals surface area contributed by atoms with Crippen LogP contribution in [0.1, 0.15) is 0 Å². The van der Waals surface area contributed by atoms with Crippen molar-refractivity contribution in [2.24, 2.45) is 0 Å². The van der Waals surface area contributed by atoms with Gasteiger partial charge in [-0.15, -0.1) is 11.6 Å². The Balaban J connectivity index is 2.58. The van der Waals surface area contributed by atoms with Gasteiger partial charge >= 0.3 is 6.18 Å². The maximum Gasteiger partial charge on any atom is 0.406 e. The van der Waals surface area contributed by atoms with Crippen LogP contribution in [0, 0.1) is 0 Å². The topological polar surface area (TPSA) is 38.8 Å². The fraction of sp³-hybridized carbons (Fsp3) is 0.889. The molecule has 1 aliphatic heterocycles. The van der Waals surface area contributed by atoms with Crippen LogP contribution in [0.4, 0.5) is 13.2 Å². The second-order valence-corrected chi connectivity index (χ2v) is 3.88. The summed E-state index contributed by atoms with van der Waals surface area (Å²) in [5.41, 5.74) is 0. The number of carbonyl (C=O) groups is 1. The van der Waals surface area contributed by atoms with E-state index in [-0.39, 0.29) is 25.6 Å². The maximum atomic E-state index is 12.2. The van der Waals surface area contributed by atoms with Crippen LogP contribution in [-0.2, 0) is 14.3 Å². The molecule has 8 heteroatoms. The van der Waals surface area contributed by atoms with E-state index in [1.165, 1.54) is 0 Å². The zero-order valence-electron chi connectivity index (χ0n) is 9.00. The first-order valence-corrected chi connectivity index (χ1v) is 5.58. The van der Waals surface area contributed by atoms with Gasteiger partial charge in [-0.2, -0.15) is 13.2 Å². The number of hydrogen-bond donors (Lipinski definition) is 0. The molecule has 0 radical (unpaired) electrons. The number of rotatable bonds is 4. The molecule has 1 unspecified atom stereocenters. The molecule has 0 N–H and O–H groups in total. The lowest BCUT2D eigenvalue weighted by Gasteiger charge is -2.29. The van der Waals surface area contributed by atoms with E-state index in [0.717, 1.165) is 0 Å². The van der Waals surface area contributed by atoms with Gasteiger partial charge in [0.05, 0.1) is 19.8 Å². The summed E-state index contributed by atoms with van der Waals surface area (Å²) in [7, 11) is 0. The number of nitrogens with zero attached hydrogens (tertiary/aromatic N) is 1. The monoisotopic (exact) mass is 275 g/mol. The molecule has 0 aromatic carbocycles. The van der Waals surface area contributed by atoms with E-state index in [2.05, 4.69) is 0 Å². The highest BCUT2D eigenvalue weighted by Gasteiger charge is 2.36. The quantitative estimate of drug-likeness (QED) is 0.720. The average molecular weight is 276 g/mol. The van der Waals surface area contributed by atoms with Gasteiger partial charge in [0.15, 0.2) is 6.10 Å². The molecule has 0 saturated carbocycles. The molecule has 1 fully saturated rings. The van der Waals surface area contributed by atoms with E-state index in [9.17, 15) is 18.0 Å². The average Bonchev–Trinajstić information content (AvgIpc) is 2.27. The number of amides is 1. The summed E-state index contributed by atoms with van der Waals surface area (Å²) < 4.78 is 46.8. The first kappa shape index (κ1) is 14.5. The van der Waals surface area contributed by atoms with Crippen LogP contribution in [0.2, 0.25) is 0 Å². The minimum atomic E-state index is -4.45. The van der Waals surface area contributed by atoms with Gasteiger partial charge in [-0.25, -0.2) is 0 Å². The lowest BCUT2D eigenvalue weighted by atomic mass is 10.3. The number of hydrogen-bond acceptors (Lipinski definition) is 3. The Morgan fingerprint density at radius 1 is 1.41 bits per heavy atom. The molecule has 17 heavy (non-hydrogen) atoms. The summed E-state index contributed by atoms with van der Waals surface area (Å²) >= 11 is 5.37. The minimum Gasteiger partial charge on any atom is -0.376 e. The SMILES string of the molecule is O=C(C1COCCO1)N(CCCl)CC(F)(F)F. The second-order valence-electron chi connectivity index (χ2n) is 3.50. The normalized spacial score (nSPS) is 21.3. The number of carbonyl (C=O) groups excluding carboxylic acids is 1. The highest BCUT2D eigenvalue weighted by atomic mass is 35.5. The van der Waals surface area contributed by atoms with Crippen molar-refractivity contribution in [3.05, 3.63) is 0 Å². The fourth-order valence-electron chi connectivity index (χ4n) is 1.42. The van der Waals surface area contributed by atoms with Gasteiger partial charge in [-0.05, 0) is 0 Å². The zero-order valence-corrected chi connectivity index (χ0v) is 9.76. The second kappa shape index (κ2) is 6.42. The molecule has 1 saturated heterocycles. The van der Waals surface area contributed by atoms with E-state index in [1.807, 2.05) is 0 Å². The maximum absolute atomic E-state index is 12.2. The van der Waals surface area contributed by atoms with Crippen LogP contribution < -0.4 is 0 Å². The standard InChI is InChI=1S/C9H13ClF3NO3/c10-1-2-14(6-9(11,12)13)8(15)7-5-16-3-4-17-7/h7H,1-6H2. The molecular formula is C9H13ClF3NO3. The van der Waals surface area contributed by atoms with E-state index in [0.29, 0.717) is 11.5 Å². The Labute approximate surface area is 102 Å². The van der Waals surface area contributed by atoms with Gasteiger partial charge in [0.1, 0.15) is 6.54 Å². The van der Waals surface area contributed by atoms with Crippen LogP contribution >= 0.6 is 11.6 Å². The molecule has 4 nitrogen and oxygen atoms in total. The van der Waals surface area contributed by atoms with Crippen LogP contribution in [0.3, 0.4) is 0 Å². The van der Waals surface area contributed by atoms with Gasteiger partial charge in [0, 0.05) is 12.4 Å². The van der Waals surface area contributed by atoms with E-state index in [4.69, 9.17) is 21.1 Å². The summed E-state index contributed by atoms with van der Waals surface area (Å²) in [6.07, 6.45) is -5.41. The van der Waals surface area contributed by atoms with Gasteiger partial charge in [-0.1, -0.05) is 0 Å². The first-order chi connectivity index (χ1) is 7.94. The summed E-state index contributed by atoms with van der Waals surface area (Å²) in [6.45, 7) is -0.955. The van der Waals surface area contributed by atoms with E-state index < -0.39 is 24.7 Å². The molecule has 1 amide bonds. The van der Waals surface area contributed by atoms with Gasteiger partial charge in [-0.3, -0.25) is 4.79 Å². The number of alkyl halides is 4. The van der Waals surface area contributed by atoms with Crippen molar-refractivity contribution in [2.75, 3.05) is 38.8 Å². The van der Waals surface area contributed by atoms with Crippen molar-refractivity contribution < 1.29 is 27.4 Å². The molecule has 1 heterocycles. The number of ether oxygens (including phenoxy) is 2. The molecule has 0 aromatic rings. The molecule has 0 bridgehead atoms. The van der Waals surface area contributed by atoms with Crippen molar-refractivity contribution in [2.45, 2.75) is 12.3 Å². The Morgan fingerprint density at radius 3 is 2.59 bits per heavy atom. The Morgan fingerprint density at radius 2 is 2.12 bits per heavy atom. The lowest BCUT2D eigenvalue weighted by molar-refractivity contribution is -0.176. The molecular weight excluding hydrogens is 263 g/mol. The Hall–Kier alpha value is -0.530. The lowest BCUT2D eigenvalue weighted by Crippen LogP contribution is -2.49. The van der Waals surface area contributed by atoms with Crippen LogP contribution in [0.25, 0.3) is 0 Å². The van der Waals surface area contributed by atoms with E-state index >= 15 is 0 Å². The predicted octanol–water partition coefficient (Wildman–Crippen LogP) is 1.03. The highest BCUT2D eigenvalue weighted by Crippen LogP contribution is 2.18. The summed E-state index contributed by atoms with van der Waals surface area (Å²) in [5, 5.41) is 0. The third-order valence-electron chi connectivity index (χ3n) is 2.13. The van der Waals surface area contributed by atoms with Crippen molar-refractivity contribution >= 4 is 17.5 Å². The van der Waals surface area contributed by atoms with E-state index in [1.54, 1.807) is 0 Å².